The molecule has 3 nitrogen and oxygen atoms in total. The van der Waals surface area contributed by atoms with Gasteiger partial charge < -0.3 is 13.9 Å². The molecule has 63 heavy (non-hydrogen) atoms. The van der Waals surface area contributed by atoms with Crippen LogP contribution in [0.5, 0.6) is 0 Å². The van der Waals surface area contributed by atoms with Crippen molar-refractivity contribution in [1.82, 2.24) is 4.57 Å². The Morgan fingerprint density at radius 1 is 0.302 bits per heavy atom. The fourth-order valence-electron chi connectivity index (χ4n) is 9.56. The highest BCUT2D eigenvalue weighted by Gasteiger charge is 2.22. The molecule has 0 saturated heterocycles. The number of para-hydroxylation sites is 6. The fraction of sp³-hybridized carbons (Fsp3) is 0. The van der Waals surface area contributed by atoms with E-state index < -0.39 is 0 Å². The lowest BCUT2D eigenvalue weighted by molar-refractivity contribution is 0.670. The number of anilines is 3. The van der Waals surface area contributed by atoms with Crippen LogP contribution in [0.15, 0.2) is 247 Å². The van der Waals surface area contributed by atoms with Crippen LogP contribution >= 0.6 is 0 Å². The molecule has 0 aliphatic carbocycles. The van der Waals surface area contributed by atoms with Gasteiger partial charge in [0.05, 0.1) is 22.4 Å². The first-order valence-electron chi connectivity index (χ1n) is 21.5. The second-order valence-electron chi connectivity index (χ2n) is 16.0. The molecule has 0 bridgehead atoms. The van der Waals surface area contributed by atoms with Crippen LogP contribution in [0, 0.1) is 0 Å². The Labute approximate surface area is 366 Å². The van der Waals surface area contributed by atoms with Gasteiger partial charge in [-0.05, 0) is 82.4 Å². The van der Waals surface area contributed by atoms with Crippen molar-refractivity contribution in [3.63, 3.8) is 0 Å². The van der Waals surface area contributed by atoms with Crippen LogP contribution in [0.25, 0.3) is 93.9 Å². The molecule has 0 saturated carbocycles. The number of fused-ring (bicyclic) bond motifs is 6. The second-order valence-corrected chi connectivity index (χ2v) is 16.0. The minimum atomic E-state index is 0.885. The van der Waals surface area contributed by atoms with Crippen molar-refractivity contribution < 1.29 is 4.42 Å². The fourth-order valence-corrected chi connectivity index (χ4v) is 9.56. The smallest absolute Gasteiger partial charge is 0.143 e. The van der Waals surface area contributed by atoms with Crippen molar-refractivity contribution in [1.29, 1.82) is 0 Å². The monoisotopic (exact) mass is 804 g/mol. The summed E-state index contributed by atoms with van der Waals surface area (Å²) in [7, 11) is 0. The first-order valence-corrected chi connectivity index (χ1v) is 21.5. The molecule has 2 aromatic heterocycles. The summed E-state index contributed by atoms with van der Waals surface area (Å²) < 4.78 is 9.05. The number of rotatable bonds is 8. The summed E-state index contributed by atoms with van der Waals surface area (Å²) in [5.41, 5.74) is 17.7. The van der Waals surface area contributed by atoms with Crippen LogP contribution in [0.1, 0.15) is 0 Å². The van der Waals surface area contributed by atoms with Gasteiger partial charge in [-0.25, -0.2) is 0 Å². The van der Waals surface area contributed by atoms with E-state index in [0.717, 1.165) is 66.9 Å². The Morgan fingerprint density at radius 3 is 1.43 bits per heavy atom. The van der Waals surface area contributed by atoms with Crippen molar-refractivity contribution >= 4 is 60.8 Å². The van der Waals surface area contributed by atoms with Gasteiger partial charge in [-0.1, -0.05) is 188 Å². The van der Waals surface area contributed by atoms with Crippen molar-refractivity contribution in [2.75, 3.05) is 4.90 Å². The standard InChI is InChI=1S/C60H40N2O/c1-2-17-41(18-3-1)46-19-4-5-20-47(46)42-33-37-44(38-34-42)61(56-29-12-9-24-51(56)53-26-16-27-54-52-25-10-15-32-59(52)63-60(53)54)45-39-35-43(36-40-45)48-21-6-11-28-55(48)62-57-30-13-7-22-49(57)50-23-8-14-31-58(50)62/h1-40H. The number of aromatic nitrogens is 1. The average molecular weight is 805 g/mol. The van der Waals surface area contributed by atoms with E-state index in [1.165, 1.54) is 44.1 Å². The number of hydrogen-bond acceptors (Lipinski definition) is 2. The molecule has 2 heterocycles. The number of furan rings is 1. The number of nitrogens with zero attached hydrogens (tertiary/aromatic N) is 2. The van der Waals surface area contributed by atoms with E-state index in [2.05, 4.69) is 246 Å². The highest BCUT2D eigenvalue weighted by Crippen LogP contribution is 2.46. The first kappa shape index (κ1) is 36.5. The highest BCUT2D eigenvalue weighted by molar-refractivity contribution is 6.11. The Bertz CT molecular complexity index is 3560. The molecule has 0 aliphatic heterocycles. The van der Waals surface area contributed by atoms with Crippen molar-refractivity contribution in [3.8, 4) is 50.2 Å². The lowest BCUT2D eigenvalue weighted by Crippen LogP contribution is -2.11. The normalized spacial score (nSPS) is 11.5. The quantitative estimate of drug-likeness (QED) is 0.153. The van der Waals surface area contributed by atoms with Gasteiger partial charge in [-0.3, -0.25) is 0 Å². The van der Waals surface area contributed by atoms with Gasteiger partial charge in [0.1, 0.15) is 11.2 Å². The molecule has 0 fully saturated rings. The van der Waals surface area contributed by atoms with E-state index in [0.29, 0.717) is 0 Å². The molecule has 0 amide bonds. The minimum absolute atomic E-state index is 0.885. The summed E-state index contributed by atoms with van der Waals surface area (Å²) in [5.74, 6) is 0. The summed E-state index contributed by atoms with van der Waals surface area (Å²) >= 11 is 0. The van der Waals surface area contributed by atoms with E-state index in [1.807, 2.05) is 6.07 Å². The zero-order valence-corrected chi connectivity index (χ0v) is 34.4. The summed E-state index contributed by atoms with van der Waals surface area (Å²) in [6.45, 7) is 0. The van der Waals surface area contributed by atoms with Gasteiger partial charge in [-0.2, -0.15) is 0 Å². The number of benzene rings is 10. The van der Waals surface area contributed by atoms with E-state index in [4.69, 9.17) is 4.42 Å². The maximum absolute atomic E-state index is 6.64. The largest absolute Gasteiger partial charge is 0.455 e. The molecule has 10 aromatic carbocycles. The van der Waals surface area contributed by atoms with Crippen molar-refractivity contribution in [3.05, 3.63) is 243 Å². The minimum Gasteiger partial charge on any atom is -0.455 e. The molecule has 3 heteroatoms. The molecule has 0 N–H and O–H groups in total. The molecular formula is C60H40N2O. The molecule has 296 valence electrons. The Morgan fingerprint density at radius 2 is 0.762 bits per heavy atom. The lowest BCUT2D eigenvalue weighted by Gasteiger charge is -2.28. The molecule has 0 spiro atoms. The third-order valence-electron chi connectivity index (χ3n) is 12.4. The van der Waals surface area contributed by atoms with E-state index >= 15 is 0 Å². The SMILES string of the molecule is c1ccc(-c2ccccc2-c2ccc(N(c3ccc(-c4ccccc4-n4c5ccccc5c5ccccc54)cc3)c3ccccc3-c3cccc4c3oc3ccccc34)cc2)cc1. The third kappa shape index (κ3) is 6.21. The number of hydrogen-bond donors (Lipinski definition) is 0. The second kappa shape index (κ2) is 15.3. The van der Waals surface area contributed by atoms with Gasteiger partial charge in [0.2, 0.25) is 0 Å². The Kier molecular flexibility index (Phi) is 8.83. The van der Waals surface area contributed by atoms with Crippen LogP contribution < -0.4 is 4.90 Å². The molecule has 12 aromatic rings. The van der Waals surface area contributed by atoms with Crippen LogP contribution in [0.3, 0.4) is 0 Å². The predicted octanol–water partition coefficient (Wildman–Crippen LogP) is 16.8. The highest BCUT2D eigenvalue weighted by atomic mass is 16.3. The first-order chi connectivity index (χ1) is 31.3. The van der Waals surface area contributed by atoms with Crippen molar-refractivity contribution in [2.45, 2.75) is 0 Å². The molecule has 0 radical (unpaired) electrons. The zero-order valence-electron chi connectivity index (χ0n) is 34.4. The van der Waals surface area contributed by atoms with E-state index in [1.54, 1.807) is 0 Å². The van der Waals surface area contributed by atoms with Gasteiger partial charge in [0.25, 0.3) is 0 Å². The summed E-state index contributed by atoms with van der Waals surface area (Å²) in [5, 5.41) is 4.73. The van der Waals surface area contributed by atoms with Crippen LogP contribution in [-0.2, 0) is 0 Å². The molecule has 12 rings (SSSR count). The zero-order chi connectivity index (χ0) is 41.7. The van der Waals surface area contributed by atoms with E-state index in [-0.39, 0.29) is 0 Å². The summed E-state index contributed by atoms with van der Waals surface area (Å²) in [4.78, 5) is 2.38. The molecular weight excluding hydrogens is 765 g/mol. The molecule has 0 atom stereocenters. The van der Waals surface area contributed by atoms with Gasteiger partial charge >= 0.3 is 0 Å². The third-order valence-corrected chi connectivity index (χ3v) is 12.4. The average Bonchev–Trinajstić information content (AvgIpc) is 3.91. The van der Waals surface area contributed by atoms with Crippen LogP contribution in [0.4, 0.5) is 17.1 Å². The topological polar surface area (TPSA) is 21.3 Å². The summed E-state index contributed by atoms with van der Waals surface area (Å²) in [6, 6.07) is 87.0. The predicted molar refractivity (Wildman–Crippen MR) is 264 cm³/mol. The maximum atomic E-state index is 6.64. The Hall–Kier alpha value is -8.40. The van der Waals surface area contributed by atoms with E-state index in [9.17, 15) is 0 Å². The Balaban J connectivity index is 1.01. The maximum Gasteiger partial charge on any atom is 0.143 e. The lowest BCUT2D eigenvalue weighted by atomic mass is 9.94. The van der Waals surface area contributed by atoms with Crippen LogP contribution in [-0.4, -0.2) is 4.57 Å². The van der Waals surface area contributed by atoms with Crippen LogP contribution in [0.2, 0.25) is 0 Å². The van der Waals surface area contributed by atoms with Gasteiger partial charge in [0, 0.05) is 49.6 Å². The molecule has 0 unspecified atom stereocenters. The molecule has 0 aliphatic rings. The summed E-state index contributed by atoms with van der Waals surface area (Å²) in [6.07, 6.45) is 0. The van der Waals surface area contributed by atoms with Gasteiger partial charge in [0.15, 0.2) is 0 Å². The van der Waals surface area contributed by atoms with Crippen molar-refractivity contribution in [2.24, 2.45) is 0 Å². The van der Waals surface area contributed by atoms with Gasteiger partial charge in [-0.15, -0.1) is 0 Å².